The van der Waals surface area contributed by atoms with Crippen molar-refractivity contribution in [1.29, 1.82) is 0 Å². The summed E-state index contributed by atoms with van der Waals surface area (Å²) >= 11 is 0. The fourth-order valence-corrected chi connectivity index (χ4v) is 3.67. The predicted molar refractivity (Wildman–Crippen MR) is 134 cm³/mol. The molecular weight excluding hydrogens is 448 g/mol. The third-order valence-corrected chi connectivity index (χ3v) is 5.88. The maximum atomic E-state index is 13.0. The van der Waals surface area contributed by atoms with Gasteiger partial charge < -0.3 is 36.6 Å². The van der Waals surface area contributed by atoms with E-state index in [-0.39, 0.29) is 36.3 Å². The van der Waals surface area contributed by atoms with Crippen molar-refractivity contribution in [2.45, 2.75) is 31.8 Å². The molecule has 2 fully saturated rings. The van der Waals surface area contributed by atoms with Crippen LogP contribution in [0, 0.1) is 0 Å². The maximum absolute atomic E-state index is 13.0. The van der Waals surface area contributed by atoms with Gasteiger partial charge >= 0.3 is 6.03 Å². The second-order valence-corrected chi connectivity index (χ2v) is 8.63. The van der Waals surface area contributed by atoms with Crippen LogP contribution in [0.1, 0.15) is 30.3 Å². The van der Waals surface area contributed by atoms with E-state index in [1.807, 2.05) is 12.1 Å². The van der Waals surface area contributed by atoms with Crippen LogP contribution in [0.3, 0.4) is 0 Å². The van der Waals surface area contributed by atoms with Gasteiger partial charge in [-0.25, -0.2) is 14.8 Å². The first-order valence-corrected chi connectivity index (χ1v) is 11.7. The van der Waals surface area contributed by atoms with Crippen LogP contribution in [-0.4, -0.2) is 67.3 Å². The number of carbonyl (C=O) groups excluding carboxylic acids is 2. The SMILES string of the molecule is CN/C(=C\N)CNC(=O)c1cc(N2CCOCC2C)nc(-c2ccc(NC(=O)NC3CC3)cc2)n1. The van der Waals surface area contributed by atoms with E-state index in [1.54, 1.807) is 25.2 Å². The lowest BCUT2D eigenvalue weighted by Crippen LogP contribution is -2.44. The predicted octanol–water partition coefficient (Wildman–Crippen LogP) is 1.40. The van der Waals surface area contributed by atoms with Crippen LogP contribution in [0.4, 0.5) is 16.3 Å². The molecule has 1 unspecified atom stereocenters. The van der Waals surface area contributed by atoms with Crippen LogP contribution in [0.5, 0.6) is 0 Å². The largest absolute Gasteiger partial charge is 0.403 e. The van der Waals surface area contributed by atoms with Gasteiger partial charge in [-0.1, -0.05) is 0 Å². The molecule has 6 N–H and O–H groups in total. The second kappa shape index (κ2) is 11.0. The van der Waals surface area contributed by atoms with Crippen molar-refractivity contribution >= 4 is 23.4 Å². The number of ether oxygens (including phenoxy) is 1. The summed E-state index contributed by atoms with van der Waals surface area (Å²) < 4.78 is 5.56. The van der Waals surface area contributed by atoms with Crippen LogP contribution in [0.25, 0.3) is 11.4 Å². The molecule has 186 valence electrons. The number of anilines is 2. The number of morpholine rings is 1. The Hall–Kier alpha value is -3.86. The summed E-state index contributed by atoms with van der Waals surface area (Å²) in [4.78, 5) is 36.4. The first kappa shape index (κ1) is 24.3. The van der Waals surface area contributed by atoms with Crippen molar-refractivity contribution in [1.82, 2.24) is 25.9 Å². The molecule has 4 rings (SSSR count). The highest BCUT2D eigenvalue weighted by molar-refractivity contribution is 5.94. The van der Waals surface area contributed by atoms with E-state index >= 15 is 0 Å². The summed E-state index contributed by atoms with van der Waals surface area (Å²) in [5.41, 5.74) is 7.89. The van der Waals surface area contributed by atoms with E-state index in [1.165, 1.54) is 6.20 Å². The van der Waals surface area contributed by atoms with E-state index in [0.29, 0.717) is 42.8 Å². The molecule has 1 aliphatic heterocycles. The van der Waals surface area contributed by atoms with Crippen LogP contribution < -0.4 is 31.9 Å². The van der Waals surface area contributed by atoms with Crippen molar-refractivity contribution in [3.05, 3.63) is 47.9 Å². The number of nitrogens with two attached hydrogens (primary N) is 1. The lowest BCUT2D eigenvalue weighted by molar-refractivity contribution is 0.0950. The highest BCUT2D eigenvalue weighted by atomic mass is 16.5. The van der Waals surface area contributed by atoms with E-state index in [2.05, 4.69) is 38.1 Å². The second-order valence-electron chi connectivity index (χ2n) is 8.63. The molecule has 35 heavy (non-hydrogen) atoms. The Bertz CT molecular complexity index is 1080. The number of likely N-dealkylation sites (N-methyl/N-ethyl adjacent to an activating group) is 1. The molecule has 1 aromatic heterocycles. The van der Waals surface area contributed by atoms with Crippen LogP contribution in [-0.2, 0) is 4.74 Å². The molecule has 3 amide bonds. The van der Waals surface area contributed by atoms with Crippen molar-refractivity contribution in [2.24, 2.45) is 5.73 Å². The fraction of sp³-hybridized carbons (Fsp3) is 0.417. The van der Waals surface area contributed by atoms with Crippen molar-refractivity contribution in [3.8, 4) is 11.4 Å². The first-order chi connectivity index (χ1) is 17.0. The lowest BCUT2D eigenvalue weighted by atomic mass is 10.1. The minimum Gasteiger partial charge on any atom is -0.403 e. The number of hydrogen-bond donors (Lipinski definition) is 5. The summed E-state index contributed by atoms with van der Waals surface area (Å²) in [5.74, 6) is 0.745. The summed E-state index contributed by atoms with van der Waals surface area (Å²) in [6.45, 7) is 4.13. The molecular formula is C24H32N8O3. The zero-order chi connectivity index (χ0) is 24.8. The van der Waals surface area contributed by atoms with Crippen LogP contribution in [0.2, 0.25) is 0 Å². The Labute approximate surface area is 204 Å². The average Bonchev–Trinajstić information content (AvgIpc) is 3.69. The van der Waals surface area contributed by atoms with Gasteiger partial charge in [0.1, 0.15) is 11.5 Å². The van der Waals surface area contributed by atoms with Gasteiger partial charge in [-0.05, 0) is 44.0 Å². The number of amides is 3. The van der Waals surface area contributed by atoms with Gasteiger partial charge in [0.15, 0.2) is 5.82 Å². The van der Waals surface area contributed by atoms with Crippen molar-refractivity contribution < 1.29 is 14.3 Å². The van der Waals surface area contributed by atoms with E-state index in [0.717, 1.165) is 18.4 Å². The van der Waals surface area contributed by atoms with E-state index in [9.17, 15) is 9.59 Å². The van der Waals surface area contributed by atoms with Gasteiger partial charge in [0.25, 0.3) is 5.91 Å². The third-order valence-electron chi connectivity index (χ3n) is 5.88. The smallest absolute Gasteiger partial charge is 0.319 e. The number of urea groups is 1. The highest BCUT2D eigenvalue weighted by Gasteiger charge is 2.24. The lowest BCUT2D eigenvalue weighted by Gasteiger charge is -2.34. The molecule has 1 saturated heterocycles. The van der Waals surface area contributed by atoms with Gasteiger partial charge in [0.2, 0.25) is 0 Å². The number of rotatable bonds is 8. The number of nitrogens with zero attached hydrogens (tertiary/aromatic N) is 3. The molecule has 0 radical (unpaired) electrons. The molecule has 1 saturated carbocycles. The maximum Gasteiger partial charge on any atom is 0.319 e. The van der Waals surface area contributed by atoms with Crippen molar-refractivity contribution in [2.75, 3.05) is 43.6 Å². The zero-order valence-electron chi connectivity index (χ0n) is 20.0. The Kier molecular flexibility index (Phi) is 7.66. The molecule has 2 heterocycles. The van der Waals surface area contributed by atoms with Gasteiger partial charge in [-0.2, -0.15) is 0 Å². The highest BCUT2D eigenvalue weighted by Crippen LogP contribution is 2.25. The van der Waals surface area contributed by atoms with Gasteiger partial charge in [-0.3, -0.25) is 4.79 Å². The standard InChI is InChI=1S/C24H32N8O3/c1-15-14-35-10-9-32(15)21-11-20(23(33)27-13-19(12-25)26-2)30-22(31-21)16-3-5-17(6-4-16)28-24(34)29-18-7-8-18/h3-6,11-12,15,18,26H,7-10,13-14,25H2,1-2H3,(H,27,33)(H2,28,29,34)/b19-12-. The van der Waals surface area contributed by atoms with Gasteiger partial charge in [0.05, 0.1) is 25.8 Å². The molecule has 2 aromatic rings. The van der Waals surface area contributed by atoms with Crippen LogP contribution in [0.15, 0.2) is 42.2 Å². The number of carbonyl (C=O) groups is 2. The topological polar surface area (TPSA) is 147 Å². The quantitative estimate of drug-likeness (QED) is 0.381. The molecule has 2 aliphatic rings. The summed E-state index contributed by atoms with van der Waals surface area (Å²) in [5, 5.41) is 11.5. The molecule has 1 aliphatic carbocycles. The third kappa shape index (κ3) is 6.38. The zero-order valence-corrected chi connectivity index (χ0v) is 20.0. The minimum atomic E-state index is -0.333. The monoisotopic (exact) mass is 480 g/mol. The summed E-state index contributed by atoms with van der Waals surface area (Å²) in [6.07, 6.45) is 3.46. The Morgan fingerprint density at radius 3 is 2.66 bits per heavy atom. The molecule has 0 spiro atoms. The fourth-order valence-electron chi connectivity index (χ4n) is 3.67. The summed E-state index contributed by atoms with van der Waals surface area (Å²) in [7, 11) is 1.74. The molecule has 0 bridgehead atoms. The normalized spacial score (nSPS) is 18.1. The van der Waals surface area contributed by atoms with Crippen molar-refractivity contribution in [3.63, 3.8) is 0 Å². The number of nitrogens with one attached hydrogen (secondary N) is 4. The Morgan fingerprint density at radius 1 is 1.23 bits per heavy atom. The molecule has 11 nitrogen and oxygen atoms in total. The first-order valence-electron chi connectivity index (χ1n) is 11.7. The Balaban J connectivity index is 1.58. The van der Waals surface area contributed by atoms with Gasteiger partial charge in [0, 0.05) is 48.8 Å². The number of aromatic nitrogens is 2. The molecule has 11 heteroatoms. The van der Waals surface area contributed by atoms with Gasteiger partial charge in [-0.15, -0.1) is 0 Å². The summed E-state index contributed by atoms with van der Waals surface area (Å²) in [6, 6.07) is 9.10. The van der Waals surface area contributed by atoms with E-state index in [4.69, 9.17) is 15.5 Å². The minimum absolute atomic E-state index is 0.107. The molecule has 1 atom stereocenters. The number of hydrogen-bond acceptors (Lipinski definition) is 8. The van der Waals surface area contributed by atoms with Crippen LogP contribution >= 0.6 is 0 Å². The van der Waals surface area contributed by atoms with E-state index < -0.39 is 0 Å². The number of benzene rings is 1. The molecule has 1 aromatic carbocycles. The Morgan fingerprint density at radius 2 is 2.00 bits per heavy atom. The average molecular weight is 481 g/mol.